The molecule has 22 heavy (non-hydrogen) atoms. The Kier molecular flexibility index (Phi) is 4.66. The van der Waals surface area contributed by atoms with Crippen molar-refractivity contribution in [2.75, 3.05) is 11.1 Å². The number of carbonyl (C=O) groups excluding carboxylic acids is 1. The summed E-state index contributed by atoms with van der Waals surface area (Å²) in [5, 5.41) is 3.59. The summed E-state index contributed by atoms with van der Waals surface area (Å²) < 4.78 is 1.95. The number of nitrogens with one attached hydrogen (secondary N) is 1. The largest absolute Gasteiger partial charge is 0.325 e. The van der Waals surface area contributed by atoms with Crippen LogP contribution in [0.1, 0.15) is 5.56 Å². The highest BCUT2D eigenvalue weighted by atomic mass is 35.5. The summed E-state index contributed by atoms with van der Waals surface area (Å²) in [6, 6.07) is 13.4. The SMILES string of the molecule is Cc1ccccc1NC(=O)CSc1nc2cc(Cl)ccc2s1. The maximum atomic E-state index is 12.0. The maximum absolute atomic E-state index is 12.0. The number of para-hydroxylation sites is 1. The molecule has 0 unspecified atom stereocenters. The number of thioether (sulfide) groups is 1. The Morgan fingerprint density at radius 2 is 2.14 bits per heavy atom. The van der Waals surface area contributed by atoms with Gasteiger partial charge in [0.2, 0.25) is 5.91 Å². The van der Waals surface area contributed by atoms with Crippen LogP contribution in [-0.2, 0) is 4.79 Å². The van der Waals surface area contributed by atoms with E-state index >= 15 is 0 Å². The molecule has 0 atom stereocenters. The highest BCUT2D eigenvalue weighted by Crippen LogP contribution is 2.31. The molecule has 0 saturated carbocycles. The van der Waals surface area contributed by atoms with Gasteiger partial charge in [-0.15, -0.1) is 11.3 Å². The Hall–Kier alpha value is -1.56. The second-order valence-corrected chi connectivity index (χ2v) is 7.43. The van der Waals surface area contributed by atoms with Gasteiger partial charge in [0.15, 0.2) is 4.34 Å². The number of fused-ring (bicyclic) bond motifs is 1. The van der Waals surface area contributed by atoms with E-state index in [-0.39, 0.29) is 5.91 Å². The normalized spacial score (nSPS) is 10.8. The van der Waals surface area contributed by atoms with Gasteiger partial charge in [0.05, 0.1) is 16.0 Å². The average Bonchev–Trinajstić information content (AvgIpc) is 2.89. The predicted molar refractivity (Wildman–Crippen MR) is 95.2 cm³/mol. The Morgan fingerprint density at radius 1 is 1.32 bits per heavy atom. The minimum Gasteiger partial charge on any atom is -0.325 e. The van der Waals surface area contributed by atoms with Crippen molar-refractivity contribution in [1.82, 2.24) is 4.98 Å². The van der Waals surface area contributed by atoms with Gasteiger partial charge in [0, 0.05) is 10.7 Å². The number of anilines is 1. The summed E-state index contributed by atoms with van der Waals surface area (Å²) in [6.07, 6.45) is 0. The molecule has 0 radical (unpaired) electrons. The van der Waals surface area contributed by atoms with Crippen molar-refractivity contribution in [2.45, 2.75) is 11.3 Å². The molecule has 3 aromatic rings. The van der Waals surface area contributed by atoms with Gasteiger partial charge in [-0.3, -0.25) is 4.79 Å². The number of aromatic nitrogens is 1. The molecule has 1 N–H and O–H groups in total. The third kappa shape index (κ3) is 3.61. The smallest absolute Gasteiger partial charge is 0.234 e. The number of rotatable bonds is 4. The predicted octanol–water partition coefficient (Wildman–Crippen LogP) is 4.99. The molecule has 0 fully saturated rings. The summed E-state index contributed by atoms with van der Waals surface area (Å²) in [5.74, 6) is 0.304. The first-order chi connectivity index (χ1) is 10.6. The molecule has 1 aromatic heterocycles. The average molecular weight is 349 g/mol. The molecule has 112 valence electrons. The molecule has 3 rings (SSSR count). The van der Waals surface area contributed by atoms with Gasteiger partial charge in [0.25, 0.3) is 0 Å². The van der Waals surface area contributed by atoms with Crippen molar-refractivity contribution in [3.05, 3.63) is 53.1 Å². The lowest BCUT2D eigenvalue weighted by Gasteiger charge is -2.06. The zero-order valence-electron chi connectivity index (χ0n) is 11.8. The lowest BCUT2D eigenvalue weighted by Crippen LogP contribution is -2.14. The molecule has 0 aliphatic rings. The third-order valence-electron chi connectivity index (χ3n) is 3.08. The van der Waals surface area contributed by atoms with Crippen molar-refractivity contribution >= 4 is 56.5 Å². The minimum absolute atomic E-state index is 0.0309. The van der Waals surface area contributed by atoms with Gasteiger partial charge in [0.1, 0.15) is 0 Å². The van der Waals surface area contributed by atoms with Crippen molar-refractivity contribution in [3.8, 4) is 0 Å². The lowest BCUT2D eigenvalue weighted by atomic mass is 10.2. The third-order valence-corrected chi connectivity index (χ3v) is 5.49. The first-order valence-electron chi connectivity index (χ1n) is 6.66. The molecule has 2 aromatic carbocycles. The number of nitrogens with zero attached hydrogens (tertiary/aromatic N) is 1. The van der Waals surface area contributed by atoms with Crippen LogP contribution in [0, 0.1) is 6.92 Å². The highest BCUT2D eigenvalue weighted by molar-refractivity contribution is 8.01. The van der Waals surface area contributed by atoms with E-state index in [1.54, 1.807) is 11.3 Å². The fraction of sp³-hybridized carbons (Fsp3) is 0.125. The van der Waals surface area contributed by atoms with Gasteiger partial charge in [-0.05, 0) is 36.8 Å². The second kappa shape index (κ2) is 6.69. The molecule has 6 heteroatoms. The summed E-state index contributed by atoms with van der Waals surface area (Å²) in [4.78, 5) is 16.5. The van der Waals surface area contributed by atoms with Crippen LogP contribution in [-0.4, -0.2) is 16.6 Å². The van der Waals surface area contributed by atoms with Gasteiger partial charge in [-0.25, -0.2) is 4.98 Å². The van der Waals surface area contributed by atoms with Crippen molar-refractivity contribution < 1.29 is 4.79 Å². The Balaban J connectivity index is 1.63. The van der Waals surface area contributed by atoms with Crippen LogP contribution in [0.5, 0.6) is 0 Å². The highest BCUT2D eigenvalue weighted by Gasteiger charge is 2.09. The van der Waals surface area contributed by atoms with Gasteiger partial charge >= 0.3 is 0 Å². The number of hydrogen-bond acceptors (Lipinski definition) is 4. The van der Waals surface area contributed by atoms with Gasteiger partial charge in [-0.2, -0.15) is 0 Å². The van der Waals surface area contributed by atoms with Crippen LogP contribution in [0.4, 0.5) is 5.69 Å². The van der Waals surface area contributed by atoms with Crippen molar-refractivity contribution in [3.63, 3.8) is 0 Å². The molecular weight excluding hydrogens is 336 g/mol. The van der Waals surface area contributed by atoms with Crippen LogP contribution in [0.3, 0.4) is 0 Å². The van der Waals surface area contributed by atoms with Crippen LogP contribution in [0.15, 0.2) is 46.8 Å². The van der Waals surface area contributed by atoms with E-state index in [4.69, 9.17) is 11.6 Å². The summed E-state index contributed by atoms with van der Waals surface area (Å²) >= 11 is 8.96. The number of benzene rings is 2. The van der Waals surface area contributed by atoms with Crippen LogP contribution < -0.4 is 5.32 Å². The topological polar surface area (TPSA) is 42.0 Å². The van der Waals surface area contributed by atoms with E-state index in [1.807, 2.05) is 49.4 Å². The standard InChI is InChI=1S/C16H13ClN2OS2/c1-10-4-2-3-5-12(10)18-15(20)9-21-16-19-13-8-11(17)6-7-14(13)22-16/h2-8H,9H2,1H3,(H,18,20). The number of halogens is 1. The van der Waals surface area contributed by atoms with Crippen molar-refractivity contribution in [1.29, 1.82) is 0 Å². The van der Waals surface area contributed by atoms with Crippen molar-refractivity contribution in [2.24, 2.45) is 0 Å². The zero-order valence-corrected chi connectivity index (χ0v) is 14.2. The molecule has 0 aliphatic heterocycles. The Bertz CT molecular complexity index is 832. The van der Waals surface area contributed by atoms with E-state index in [0.717, 1.165) is 25.8 Å². The summed E-state index contributed by atoms with van der Waals surface area (Å²) in [5.41, 5.74) is 2.78. The second-order valence-electron chi connectivity index (χ2n) is 4.74. The van der Waals surface area contributed by atoms with E-state index in [2.05, 4.69) is 10.3 Å². The first-order valence-corrected chi connectivity index (χ1v) is 8.84. The molecular formula is C16H13ClN2OS2. The summed E-state index contributed by atoms with van der Waals surface area (Å²) in [7, 11) is 0. The minimum atomic E-state index is -0.0309. The van der Waals surface area contributed by atoms with E-state index in [0.29, 0.717) is 10.8 Å². The molecule has 3 nitrogen and oxygen atoms in total. The fourth-order valence-electron chi connectivity index (χ4n) is 1.97. The Labute approximate surface area is 141 Å². The van der Waals surface area contributed by atoms with Gasteiger partial charge in [-0.1, -0.05) is 41.6 Å². The molecule has 0 bridgehead atoms. The quantitative estimate of drug-likeness (QED) is 0.675. The first kappa shape index (κ1) is 15.3. The van der Waals surface area contributed by atoms with Crippen LogP contribution >= 0.6 is 34.7 Å². The summed E-state index contributed by atoms with van der Waals surface area (Å²) in [6.45, 7) is 1.97. The van der Waals surface area contributed by atoms with Crippen LogP contribution in [0.25, 0.3) is 10.2 Å². The van der Waals surface area contributed by atoms with E-state index in [9.17, 15) is 4.79 Å². The maximum Gasteiger partial charge on any atom is 0.234 e. The zero-order chi connectivity index (χ0) is 15.5. The molecule has 0 saturated heterocycles. The van der Waals surface area contributed by atoms with E-state index < -0.39 is 0 Å². The number of carbonyl (C=O) groups is 1. The van der Waals surface area contributed by atoms with Gasteiger partial charge < -0.3 is 5.32 Å². The van der Waals surface area contributed by atoms with Crippen LogP contribution in [0.2, 0.25) is 5.02 Å². The monoisotopic (exact) mass is 348 g/mol. The number of thiazole rings is 1. The number of hydrogen-bond donors (Lipinski definition) is 1. The number of aryl methyl sites for hydroxylation is 1. The molecule has 1 heterocycles. The Morgan fingerprint density at radius 3 is 2.95 bits per heavy atom. The van der Waals surface area contributed by atoms with E-state index in [1.165, 1.54) is 11.8 Å². The number of amides is 1. The molecule has 0 aliphatic carbocycles. The lowest BCUT2D eigenvalue weighted by molar-refractivity contribution is -0.113. The fourth-order valence-corrected chi connectivity index (χ4v) is 3.98. The molecule has 0 spiro atoms. The molecule has 1 amide bonds.